The first kappa shape index (κ1) is 27.0. The summed E-state index contributed by atoms with van der Waals surface area (Å²) in [6.07, 6.45) is 5.93. The van der Waals surface area contributed by atoms with Crippen molar-refractivity contribution in [2.24, 2.45) is 0 Å². The number of allylic oxidation sites excluding steroid dienone is 3. The molecular formula is C34H35ClN3+. The molecule has 3 nitrogen and oxygen atoms in total. The lowest BCUT2D eigenvalue weighted by atomic mass is 9.83. The number of rotatable bonds is 5. The van der Waals surface area contributed by atoms with Crippen molar-refractivity contribution >= 4 is 45.5 Å². The zero-order valence-corrected chi connectivity index (χ0v) is 23.5. The van der Waals surface area contributed by atoms with Crippen molar-refractivity contribution in [3.05, 3.63) is 138 Å². The fraction of sp³-hybridized carbons (Fsp3) is 0.147. The Labute approximate surface area is 232 Å². The Bertz CT molecular complexity index is 1390. The minimum atomic E-state index is 1.08. The summed E-state index contributed by atoms with van der Waals surface area (Å²) in [4.78, 5) is 7.88. The third-order valence-corrected chi connectivity index (χ3v) is 6.59. The molecule has 38 heavy (non-hydrogen) atoms. The van der Waals surface area contributed by atoms with E-state index in [2.05, 4.69) is 164 Å². The number of alkyl halides is 1. The molecule has 0 fully saturated rings. The first-order valence-electron chi connectivity index (χ1n) is 12.7. The molecule has 4 aromatic rings. The van der Waals surface area contributed by atoms with Crippen LogP contribution >= 0.6 is 11.6 Å². The quantitative estimate of drug-likeness (QED) is 0.307. The minimum absolute atomic E-state index is 1.08. The van der Waals surface area contributed by atoms with Crippen molar-refractivity contribution in [1.29, 1.82) is 0 Å². The summed E-state index contributed by atoms with van der Waals surface area (Å²) in [7, 11) is 8.30. The van der Waals surface area contributed by atoms with Crippen LogP contribution in [0.4, 0.5) is 17.1 Å². The molecule has 1 aliphatic rings. The molecule has 0 aromatic heterocycles. The van der Waals surface area contributed by atoms with Gasteiger partial charge in [-0.05, 0) is 64.2 Å². The van der Waals surface area contributed by atoms with Crippen molar-refractivity contribution in [2.45, 2.75) is 0 Å². The van der Waals surface area contributed by atoms with Gasteiger partial charge in [0.2, 0.25) is 11.4 Å². The van der Waals surface area contributed by atoms with Crippen LogP contribution < -0.4 is 14.8 Å². The molecule has 0 saturated heterocycles. The fourth-order valence-electron chi connectivity index (χ4n) is 4.63. The Balaban J connectivity index is 0.00000164. The second-order valence-corrected chi connectivity index (χ2v) is 9.45. The van der Waals surface area contributed by atoms with E-state index >= 15 is 0 Å². The Morgan fingerprint density at radius 3 is 1.53 bits per heavy atom. The van der Waals surface area contributed by atoms with Crippen LogP contribution in [0.1, 0.15) is 22.3 Å². The zero-order valence-electron chi connectivity index (χ0n) is 22.7. The van der Waals surface area contributed by atoms with Gasteiger partial charge in [-0.2, -0.15) is 0 Å². The van der Waals surface area contributed by atoms with E-state index < -0.39 is 0 Å². The monoisotopic (exact) mass is 520 g/mol. The number of fused-ring (bicyclic) bond motifs is 1. The number of hydrogen-bond donors (Lipinski definition) is 1. The fourth-order valence-corrected chi connectivity index (χ4v) is 4.63. The summed E-state index contributed by atoms with van der Waals surface area (Å²) in [6.45, 7) is 0. The predicted molar refractivity (Wildman–Crippen MR) is 166 cm³/mol. The molecule has 4 heteroatoms. The van der Waals surface area contributed by atoms with Gasteiger partial charge in [0.05, 0.1) is 5.56 Å². The number of benzene rings is 4. The molecule has 0 radical (unpaired) electrons. The highest BCUT2D eigenvalue weighted by Crippen LogP contribution is 2.37. The van der Waals surface area contributed by atoms with Gasteiger partial charge >= 0.3 is 0 Å². The maximum absolute atomic E-state index is 4.64. The molecule has 4 aromatic carbocycles. The lowest BCUT2D eigenvalue weighted by molar-refractivity contribution is -0.351. The molecule has 0 spiro atoms. The molecular weight excluding hydrogens is 486 g/mol. The number of anilines is 2. The van der Waals surface area contributed by atoms with Crippen molar-refractivity contribution in [1.82, 2.24) is 0 Å². The van der Waals surface area contributed by atoms with Gasteiger partial charge in [-0.1, -0.05) is 60.7 Å². The topological polar surface area (TPSA) is 20.5 Å². The minimum Gasteiger partial charge on any atom is -0.378 e. The van der Waals surface area contributed by atoms with Crippen LogP contribution in [0.15, 0.2) is 115 Å². The first-order valence-corrected chi connectivity index (χ1v) is 13.4. The van der Waals surface area contributed by atoms with Crippen LogP contribution in [-0.4, -0.2) is 40.3 Å². The SMILES string of the molecule is CCl.CN(C)c1ccc(C(=C2C=CC(=[NH+]c3ccccc3)c3ccccc32)c2ccc(N(C)C)cc2)cc1. The number of hydrogen-bond acceptors (Lipinski definition) is 2. The maximum atomic E-state index is 4.64. The van der Waals surface area contributed by atoms with Crippen LogP contribution in [0.3, 0.4) is 0 Å². The van der Waals surface area contributed by atoms with E-state index in [1.165, 1.54) is 51.2 Å². The van der Waals surface area contributed by atoms with Gasteiger partial charge in [0.25, 0.3) is 0 Å². The van der Waals surface area contributed by atoms with Gasteiger partial charge in [0, 0.05) is 64.2 Å². The van der Waals surface area contributed by atoms with E-state index in [1.807, 2.05) is 6.07 Å². The second kappa shape index (κ2) is 12.4. The summed E-state index contributed by atoms with van der Waals surface area (Å²) in [5.74, 6) is 0. The molecule has 5 rings (SSSR count). The molecule has 0 saturated carbocycles. The highest BCUT2D eigenvalue weighted by molar-refractivity contribution is 6.17. The van der Waals surface area contributed by atoms with Gasteiger partial charge in [-0.25, -0.2) is 4.99 Å². The molecule has 0 heterocycles. The van der Waals surface area contributed by atoms with Gasteiger partial charge in [-0.3, -0.25) is 0 Å². The van der Waals surface area contributed by atoms with E-state index in [0.29, 0.717) is 0 Å². The van der Waals surface area contributed by atoms with Crippen molar-refractivity contribution in [3.63, 3.8) is 0 Å². The van der Waals surface area contributed by atoms with Gasteiger partial charge in [-0.15, -0.1) is 11.6 Å². The Hall–Kier alpha value is -4.08. The summed E-state index contributed by atoms with van der Waals surface area (Å²) < 4.78 is 0. The molecule has 0 bridgehead atoms. The molecule has 192 valence electrons. The van der Waals surface area contributed by atoms with Crippen molar-refractivity contribution < 1.29 is 4.99 Å². The average molecular weight is 521 g/mol. The normalized spacial score (nSPS) is 12.9. The standard InChI is InChI=1S/C33H31N3.CH3Cl/c1-35(2)27-18-14-24(15-19-27)33(25-16-20-28(21-17-25)36(3)4)31-22-23-32(30-13-9-8-12-29(30)31)34-26-10-6-5-7-11-26;1-2/h5-23H,1-4H3;1H3/p+1. The van der Waals surface area contributed by atoms with Gasteiger partial charge in [0.15, 0.2) is 0 Å². The second-order valence-electron chi connectivity index (χ2n) is 9.45. The molecule has 0 atom stereocenters. The predicted octanol–water partition coefficient (Wildman–Crippen LogP) is 6.40. The third kappa shape index (κ3) is 5.90. The Morgan fingerprint density at radius 1 is 0.553 bits per heavy atom. The summed E-state index contributed by atoms with van der Waals surface area (Å²) in [6, 6.07) is 36.7. The summed E-state index contributed by atoms with van der Waals surface area (Å²) >= 11 is 4.64. The largest absolute Gasteiger partial charge is 0.378 e. The molecule has 1 N–H and O–H groups in total. The van der Waals surface area contributed by atoms with E-state index in [1.54, 1.807) is 0 Å². The third-order valence-electron chi connectivity index (χ3n) is 6.59. The van der Waals surface area contributed by atoms with Crippen molar-refractivity contribution in [2.75, 3.05) is 44.4 Å². The Kier molecular flexibility index (Phi) is 8.83. The zero-order chi connectivity index (χ0) is 27.1. The highest BCUT2D eigenvalue weighted by Gasteiger charge is 2.23. The highest BCUT2D eigenvalue weighted by atomic mass is 35.5. The van der Waals surface area contributed by atoms with E-state index in [4.69, 9.17) is 0 Å². The molecule has 0 aliphatic heterocycles. The maximum Gasteiger partial charge on any atom is 0.211 e. The smallest absolute Gasteiger partial charge is 0.211 e. The van der Waals surface area contributed by atoms with E-state index in [0.717, 1.165) is 11.4 Å². The van der Waals surface area contributed by atoms with Crippen LogP contribution in [0.25, 0.3) is 11.1 Å². The number of halogens is 1. The average Bonchev–Trinajstić information content (AvgIpc) is 2.96. The van der Waals surface area contributed by atoms with Crippen LogP contribution in [-0.2, 0) is 0 Å². The van der Waals surface area contributed by atoms with Crippen LogP contribution in [0.5, 0.6) is 0 Å². The van der Waals surface area contributed by atoms with Crippen LogP contribution in [0, 0.1) is 0 Å². The first-order chi connectivity index (χ1) is 18.5. The molecule has 0 amide bonds. The van der Waals surface area contributed by atoms with Gasteiger partial charge < -0.3 is 9.80 Å². The molecule has 0 unspecified atom stereocenters. The summed E-state index contributed by atoms with van der Waals surface area (Å²) in [5.41, 5.74) is 11.8. The van der Waals surface area contributed by atoms with Crippen LogP contribution in [0.2, 0.25) is 0 Å². The molecule has 1 aliphatic carbocycles. The number of nitrogens with zero attached hydrogens (tertiary/aromatic N) is 2. The number of nitrogens with one attached hydrogen (secondary N) is 1. The number of para-hydroxylation sites is 1. The van der Waals surface area contributed by atoms with Crippen molar-refractivity contribution in [3.8, 4) is 0 Å². The lowest BCUT2D eigenvalue weighted by Gasteiger charge is -2.21. The summed E-state index contributed by atoms with van der Waals surface area (Å²) in [5, 5.41) is 0. The lowest BCUT2D eigenvalue weighted by Crippen LogP contribution is -2.66. The Morgan fingerprint density at radius 2 is 1.03 bits per heavy atom. The van der Waals surface area contributed by atoms with E-state index in [9.17, 15) is 0 Å². The van der Waals surface area contributed by atoms with E-state index in [-0.39, 0.29) is 0 Å². The van der Waals surface area contributed by atoms with Gasteiger partial charge in [0.1, 0.15) is 0 Å².